The van der Waals surface area contributed by atoms with Gasteiger partial charge in [0.05, 0.1) is 16.8 Å². The number of carbonyl (C=O) groups is 1. The Kier molecular flexibility index (Phi) is 5.29. The van der Waals surface area contributed by atoms with E-state index in [1.165, 1.54) is 35.6 Å². The number of halogens is 1. The van der Waals surface area contributed by atoms with Crippen LogP contribution in [-0.4, -0.2) is 33.8 Å². The topological polar surface area (TPSA) is 60.2 Å². The van der Waals surface area contributed by atoms with E-state index < -0.39 is 0 Å². The fraction of sp³-hybridized carbons (Fsp3) is 0.150. The number of hydrogen-bond donors (Lipinski definition) is 0. The summed E-state index contributed by atoms with van der Waals surface area (Å²) in [6, 6.07) is 15.2. The number of fused-ring (bicyclic) bond motifs is 1. The molecule has 0 N–H and O–H groups in total. The highest BCUT2D eigenvalue weighted by molar-refractivity contribution is 7.22. The van der Waals surface area contributed by atoms with E-state index >= 15 is 0 Å². The number of ether oxygens (including phenoxy) is 1. The zero-order valence-electron chi connectivity index (χ0n) is 14.9. The molecule has 0 saturated carbocycles. The minimum Gasteiger partial charge on any atom is -0.484 e. The van der Waals surface area contributed by atoms with Crippen LogP contribution in [0.2, 0.25) is 0 Å². The Balaban J connectivity index is 1.52. The zero-order chi connectivity index (χ0) is 19.3. The van der Waals surface area contributed by atoms with Crippen molar-refractivity contribution in [2.24, 2.45) is 0 Å². The number of carbonyl (C=O) groups excluding carboxylic acids is 1. The van der Waals surface area contributed by atoms with E-state index in [9.17, 15) is 9.18 Å². The third-order valence-corrected chi connectivity index (χ3v) is 5.16. The Bertz CT molecular complexity index is 1030. The first-order valence-electron chi connectivity index (χ1n) is 8.71. The molecule has 1 amide bonds. The summed E-state index contributed by atoms with van der Waals surface area (Å²) in [6.07, 6.45) is 3.54. The lowest BCUT2D eigenvalue weighted by Gasteiger charge is -2.20. The van der Waals surface area contributed by atoms with Crippen LogP contribution in [0.4, 0.5) is 9.52 Å². The van der Waals surface area contributed by atoms with Crippen LogP contribution in [0.5, 0.6) is 5.75 Å². The van der Waals surface area contributed by atoms with Crippen molar-refractivity contribution < 1.29 is 13.9 Å². The van der Waals surface area contributed by atoms with Crippen LogP contribution in [0.25, 0.3) is 10.2 Å². The summed E-state index contributed by atoms with van der Waals surface area (Å²) < 4.78 is 21.3. The lowest BCUT2D eigenvalue weighted by atomic mass is 10.3. The SMILES string of the molecule is O=C(COc1ccc(F)cc1)N(CCn1cccn1)c1nc2ccccc2s1. The number of benzene rings is 2. The van der Waals surface area contributed by atoms with Crippen LogP contribution in [-0.2, 0) is 11.3 Å². The van der Waals surface area contributed by atoms with Crippen LogP contribution in [0, 0.1) is 5.82 Å². The van der Waals surface area contributed by atoms with Gasteiger partial charge in [-0.3, -0.25) is 14.4 Å². The Morgan fingerprint density at radius 1 is 1.14 bits per heavy atom. The molecule has 4 aromatic rings. The molecule has 0 bridgehead atoms. The number of para-hydroxylation sites is 1. The van der Waals surface area contributed by atoms with Gasteiger partial charge in [0.15, 0.2) is 11.7 Å². The monoisotopic (exact) mass is 396 g/mol. The van der Waals surface area contributed by atoms with Crippen molar-refractivity contribution in [3.8, 4) is 5.75 Å². The molecule has 0 fully saturated rings. The van der Waals surface area contributed by atoms with E-state index in [-0.39, 0.29) is 18.3 Å². The molecule has 0 unspecified atom stereocenters. The van der Waals surface area contributed by atoms with Gasteiger partial charge in [-0.1, -0.05) is 23.5 Å². The van der Waals surface area contributed by atoms with Crippen LogP contribution in [0.15, 0.2) is 67.0 Å². The minimum absolute atomic E-state index is 0.166. The maximum atomic E-state index is 13.0. The second-order valence-electron chi connectivity index (χ2n) is 6.02. The van der Waals surface area contributed by atoms with Gasteiger partial charge < -0.3 is 4.74 Å². The van der Waals surface area contributed by atoms with Crippen molar-refractivity contribution in [3.05, 3.63) is 72.8 Å². The number of nitrogens with zero attached hydrogens (tertiary/aromatic N) is 4. The number of thiazole rings is 1. The molecule has 2 aromatic carbocycles. The maximum absolute atomic E-state index is 13.0. The Morgan fingerprint density at radius 3 is 2.71 bits per heavy atom. The largest absolute Gasteiger partial charge is 0.484 e. The Hall–Kier alpha value is -3.26. The number of amides is 1. The van der Waals surface area contributed by atoms with Crippen molar-refractivity contribution in [3.63, 3.8) is 0 Å². The number of hydrogen-bond acceptors (Lipinski definition) is 5. The van der Waals surface area contributed by atoms with E-state index in [4.69, 9.17) is 4.74 Å². The smallest absolute Gasteiger partial charge is 0.266 e. The molecule has 0 aliphatic rings. The summed E-state index contributed by atoms with van der Waals surface area (Å²) in [4.78, 5) is 19.1. The predicted molar refractivity (Wildman–Crippen MR) is 106 cm³/mol. The van der Waals surface area contributed by atoms with Crippen molar-refractivity contribution in [1.82, 2.24) is 14.8 Å². The maximum Gasteiger partial charge on any atom is 0.266 e. The minimum atomic E-state index is -0.353. The van der Waals surface area contributed by atoms with Gasteiger partial charge in [0.1, 0.15) is 11.6 Å². The van der Waals surface area contributed by atoms with Gasteiger partial charge in [0.25, 0.3) is 5.91 Å². The Labute approximate surface area is 164 Å². The molecule has 142 valence electrons. The van der Waals surface area contributed by atoms with Gasteiger partial charge in [-0.05, 0) is 42.5 Å². The summed E-state index contributed by atoms with van der Waals surface area (Å²) in [5.41, 5.74) is 0.846. The van der Waals surface area contributed by atoms with Gasteiger partial charge in [-0.2, -0.15) is 5.10 Å². The summed E-state index contributed by atoms with van der Waals surface area (Å²) in [7, 11) is 0. The standard InChI is InChI=1S/C20H17FN4O2S/c21-15-6-8-16(9-7-15)27-14-19(26)25(13-12-24-11-3-10-22-24)20-23-17-4-1-2-5-18(17)28-20/h1-11H,12-14H2. The third-order valence-electron chi connectivity index (χ3n) is 4.10. The van der Waals surface area contributed by atoms with E-state index in [0.717, 1.165) is 10.2 Å². The van der Waals surface area contributed by atoms with Crippen molar-refractivity contribution >= 4 is 32.6 Å². The average molecular weight is 396 g/mol. The van der Waals surface area contributed by atoms with Gasteiger partial charge >= 0.3 is 0 Å². The molecule has 4 rings (SSSR count). The van der Waals surface area contributed by atoms with Crippen LogP contribution in [0.3, 0.4) is 0 Å². The normalized spacial score (nSPS) is 10.9. The molecule has 0 spiro atoms. The quantitative estimate of drug-likeness (QED) is 0.477. The average Bonchev–Trinajstić information content (AvgIpc) is 3.37. The molecular weight excluding hydrogens is 379 g/mol. The van der Waals surface area contributed by atoms with E-state index in [1.54, 1.807) is 15.8 Å². The first-order chi connectivity index (χ1) is 13.7. The van der Waals surface area contributed by atoms with Crippen molar-refractivity contribution in [2.45, 2.75) is 6.54 Å². The molecule has 28 heavy (non-hydrogen) atoms. The highest BCUT2D eigenvalue weighted by Gasteiger charge is 2.20. The predicted octanol–water partition coefficient (Wildman–Crippen LogP) is 3.74. The molecule has 0 radical (unpaired) electrons. The summed E-state index contributed by atoms with van der Waals surface area (Å²) >= 11 is 1.45. The molecule has 2 heterocycles. The van der Waals surface area contributed by atoms with Crippen molar-refractivity contribution in [2.75, 3.05) is 18.1 Å². The Morgan fingerprint density at radius 2 is 1.96 bits per heavy atom. The first-order valence-corrected chi connectivity index (χ1v) is 9.52. The van der Waals surface area contributed by atoms with E-state index in [2.05, 4.69) is 10.1 Å². The molecule has 0 aliphatic carbocycles. The van der Waals surface area contributed by atoms with Gasteiger partial charge in [0.2, 0.25) is 0 Å². The molecule has 0 atom stereocenters. The summed E-state index contributed by atoms with van der Waals surface area (Å²) in [5, 5.41) is 4.79. The van der Waals surface area contributed by atoms with Gasteiger partial charge in [-0.25, -0.2) is 9.37 Å². The van der Waals surface area contributed by atoms with E-state index in [1.807, 2.05) is 36.5 Å². The first kappa shape index (κ1) is 18.1. The summed E-state index contributed by atoms with van der Waals surface area (Å²) in [6.45, 7) is 0.777. The number of aromatic nitrogens is 3. The molecular formula is C20H17FN4O2S. The van der Waals surface area contributed by atoms with Crippen LogP contribution < -0.4 is 9.64 Å². The van der Waals surface area contributed by atoms with Crippen LogP contribution in [0.1, 0.15) is 0 Å². The molecule has 0 saturated heterocycles. The molecule has 0 aliphatic heterocycles. The number of rotatable bonds is 7. The lowest BCUT2D eigenvalue weighted by Crippen LogP contribution is -2.37. The molecule has 8 heteroatoms. The highest BCUT2D eigenvalue weighted by atomic mass is 32.1. The van der Waals surface area contributed by atoms with Gasteiger partial charge in [-0.15, -0.1) is 0 Å². The van der Waals surface area contributed by atoms with Crippen molar-refractivity contribution in [1.29, 1.82) is 0 Å². The molecule has 6 nitrogen and oxygen atoms in total. The highest BCUT2D eigenvalue weighted by Crippen LogP contribution is 2.28. The third kappa shape index (κ3) is 4.17. The summed E-state index contributed by atoms with van der Waals surface area (Å²) in [5.74, 6) is -0.143. The second kappa shape index (κ2) is 8.18. The van der Waals surface area contributed by atoms with E-state index in [0.29, 0.717) is 24.0 Å². The van der Waals surface area contributed by atoms with Crippen LogP contribution >= 0.6 is 11.3 Å². The fourth-order valence-corrected chi connectivity index (χ4v) is 3.70. The lowest BCUT2D eigenvalue weighted by molar-refractivity contribution is -0.120. The molecule has 2 aromatic heterocycles. The fourth-order valence-electron chi connectivity index (χ4n) is 2.69. The van der Waals surface area contributed by atoms with Gasteiger partial charge in [0, 0.05) is 18.9 Å². The number of anilines is 1. The zero-order valence-corrected chi connectivity index (χ0v) is 15.7. The second-order valence-corrected chi connectivity index (χ2v) is 7.03.